The molecule has 0 aliphatic heterocycles. The van der Waals surface area contributed by atoms with E-state index in [2.05, 4.69) is 51.2 Å². The van der Waals surface area contributed by atoms with E-state index in [-0.39, 0.29) is 0 Å². The third-order valence-electron chi connectivity index (χ3n) is 3.71. The van der Waals surface area contributed by atoms with Crippen LogP contribution in [0.3, 0.4) is 0 Å². The van der Waals surface area contributed by atoms with Gasteiger partial charge in [0.15, 0.2) is 11.1 Å². The molecule has 0 spiro atoms. The highest BCUT2D eigenvalue weighted by Crippen LogP contribution is 2.16. The van der Waals surface area contributed by atoms with Crippen molar-refractivity contribution in [2.75, 3.05) is 19.3 Å². The summed E-state index contributed by atoms with van der Waals surface area (Å²) in [6.45, 7) is 9.63. The Morgan fingerprint density at radius 2 is 2.19 bits per heavy atom. The van der Waals surface area contributed by atoms with Crippen molar-refractivity contribution in [2.45, 2.75) is 51.9 Å². The summed E-state index contributed by atoms with van der Waals surface area (Å²) in [5.41, 5.74) is 0. The van der Waals surface area contributed by atoms with Gasteiger partial charge in [-0.2, -0.15) is 0 Å². The SMILES string of the molecule is CCNC(=NCc1ccco1)NCCCc1nnc(SC)n1CC(C)C. The lowest BCUT2D eigenvalue weighted by molar-refractivity contribution is 0.477. The Labute approximate surface area is 160 Å². The summed E-state index contributed by atoms with van der Waals surface area (Å²) in [4.78, 5) is 4.54. The number of furan rings is 1. The van der Waals surface area contributed by atoms with Crippen molar-refractivity contribution >= 4 is 17.7 Å². The molecule has 2 rings (SSSR count). The fourth-order valence-corrected chi connectivity index (χ4v) is 3.08. The normalized spacial score (nSPS) is 12.0. The lowest BCUT2D eigenvalue weighted by atomic mass is 10.2. The van der Waals surface area contributed by atoms with E-state index in [4.69, 9.17) is 4.42 Å². The van der Waals surface area contributed by atoms with E-state index in [9.17, 15) is 0 Å². The predicted octanol–water partition coefficient (Wildman–Crippen LogP) is 2.94. The van der Waals surface area contributed by atoms with Gasteiger partial charge in [0.2, 0.25) is 0 Å². The smallest absolute Gasteiger partial charge is 0.191 e. The van der Waals surface area contributed by atoms with E-state index in [0.717, 1.165) is 55.2 Å². The van der Waals surface area contributed by atoms with Crippen LogP contribution in [-0.4, -0.2) is 40.1 Å². The molecule has 0 unspecified atom stereocenters. The van der Waals surface area contributed by atoms with Crippen LogP contribution in [0.25, 0.3) is 0 Å². The van der Waals surface area contributed by atoms with Crippen LogP contribution in [0, 0.1) is 5.92 Å². The third kappa shape index (κ3) is 6.40. The number of nitrogens with one attached hydrogen (secondary N) is 2. The number of thioether (sulfide) groups is 1. The maximum Gasteiger partial charge on any atom is 0.191 e. The molecule has 0 amide bonds. The second-order valence-electron chi connectivity index (χ2n) is 6.41. The molecule has 8 heteroatoms. The molecule has 7 nitrogen and oxygen atoms in total. The highest BCUT2D eigenvalue weighted by atomic mass is 32.2. The van der Waals surface area contributed by atoms with E-state index >= 15 is 0 Å². The van der Waals surface area contributed by atoms with Crippen LogP contribution in [0.4, 0.5) is 0 Å². The lowest BCUT2D eigenvalue weighted by Gasteiger charge is -2.13. The average molecular weight is 379 g/mol. The van der Waals surface area contributed by atoms with Crippen LogP contribution >= 0.6 is 11.8 Å². The molecule has 2 aromatic heterocycles. The second kappa shape index (κ2) is 10.9. The van der Waals surface area contributed by atoms with Gasteiger partial charge >= 0.3 is 0 Å². The first-order chi connectivity index (χ1) is 12.6. The Hall–Kier alpha value is -1.96. The van der Waals surface area contributed by atoms with E-state index in [0.29, 0.717) is 12.5 Å². The van der Waals surface area contributed by atoms with Gasteiger partial charge in [-0.1, -0.05) is 25.6 Å². The van der Waals surface area contributed by atoms with E-state index in [1.165, 1.54) is 0 Å². The number of rotatable bonds is 10. The van der Waals surface area contributed by atoms with Gasteiger partial charge in [0, 0.05) is 26.1 Å². The first-order valence-corrected chi connectivity index (χ1v) is 10.4. The number of guanidine groups is 1. The number of aliphatic imine (C=N–C) groups is 1. The number of aryl methyl sites for hydroxylation is 1. The first kappa shape index (κ1) is 20.4. The molecule has 0 aliphatic carbocycles. The standard InChI is InChI=1S/C18H30N6OS/c1-5-19-17(21-12-15-8-7-11-25-15)20-10-6-9-16-22-23-18(26-4)24(16)13-14(2)3/h7-8,11,14H,5-6,9-10,12-13H2,1-4H3,(H2,19,20,21). The van der Waals surface area contributed by atoms with Crippen molar-refractivity contribution < 1.29 is 4.42 Å². The topological polar surface area (TPSA) is 80.3 Å². The molecule has 0 saturated heterocycles. The highest BCUT2D eigenvalue weighted by Gasteiger charge is 2.12. The molecule has 2 N–H and O–H groups in total. The molecule has 0 fully saturated rings. The van der Waals surface area contributed by atoms with Crippen LogP contribution < -0.4 is 10.6 Å². The van der Waals surface area contributed by atoms with Gasteiger partial charge in [-0.25, -0.2) is 4.99 Å². The summed E-state index contributed by atoms with van der Waals surface area (Å²) in [5.74, 6) is 3.29. The maximum atomic E-state index is 5.32. The Bertz CT molecular complexity index is 665. The minimum Gasteiger partial charge on any atom is -0.467 e. The summed E-state index contributed by atoms with van der Waals surface area (Å²) in [5, 5.41) is 16.3. The summed E-state index contributed by atoms with van der Waals surface area (Å²) >= 11 is 1.65. The Balaban J connectivity index is 1.84. The van der Waals surface area contributed by atoms with Crippen LogP contribution in [0.15, 0.2) is 33.0 Å². The summed E-state index contributed by atoms with van der Waals surface area (Å²) in [6.07, 6.45) is 5.58. The maximum absolute atomic E-state index is 5.32. The van der Waals surface area contributed by atoms with Gasteiger partial charge in [0.05, 0.1) is 6.26 Å². The molecule has 0 aliphatic rings. The number of aromatic nitrogens is 3. The van der Waals surface area contributed by atoms with Crippen LogP contribution in [0.2, 0.25) is 0 Å². The van der Waals surface area contributed by atoms with Crippen molar-refractivity contribution in [3.8, 4) is 0 Å². The Morgan fingerprint density at radius 1 is 1.35 bits per heavy atom. The van der Waals surface area contributed by atoms with Gasteiger partial charge in [-0.15, -0.1) is 10.2 Å². The summed E-state index contributed by atoms with van der Waals surface area (Å²) < 4.78 is 7.56. The van der Waals surface area contributed by atoms with Gasteiger partial charge < -0.3 is 19.6 Å². The molecule has 0 bridgehead atoms. The number of nitrogens with zero attached hydrogens (tertiary/aromatic N) is 4. The minimum absolute atomic E-state index is 0.530. The molecule has 26 heavy (non-hydrogen) atoms. The predicted molar refractivity (Wildman–Crippen MR) is 106 cm³/mol. The molecule has 2 heterocycles. The Morgan fingerprint density at radius 3 is 2.85 bits per heavy atom. The van der Waals surface area contributed by atoms with E-state index < -0.39 is 0 Å². The minimum atomic E-state index is 0.530. The fraction of sp³-hybridized carbons (Fsp3) is 0.611. The molecule has 0 radical (unpaired) electrons. The molecule has 144 valence electrons. The molecule has 0 atom stereocenters. The molecule has 0 aromatic carbocycles. The van der Waals surface area contributed by atoms with Crippen molar-refractivity contribution in [1.82, 2.24) is 25.4 Å². The van der Waals surface area contributed by atoms with Crippen molar-refractivity contribution in [3.63, 3.8) is 0 Å². The van der Waals surface area contributed by atoms with Crippen LogP contribution in [-0.2, 0) is 19.5 Å². The quantitative estimate of drug-likeness (QED) is 0.286. The molecular formula is C18H30N6OS. The zero-order valence-electron chi connectivity index (χ0n) is 16.2. The molecular weight excluding hydrogens is 348 g/mol. The number of hydrogen-bond donors (Lipinski definition) is 2. The highest BCUT2D eigenvalue weighted by molar-refractivity contribution is 7.98. The first-order valence-electron chi connectivity index (χ1n) is 9.14. The van der Waals surface area contributed by atoms with Crippen molar-refractivity contribution in [2.24, 2.45) is 10.9 Å². The second-order valence-corrected chi connectivity index (χ2v) is 7.19. The lowest BCUT2D eigenvalue weighted by Crippen LogP contribution is -2.37. The van der Waals surface area contributed by atoms with Gasteiger partial charge in [0.25, 0.3) is 0 Å². The molecule has 0 saturated carbocycles. The zero-order chi connectivity index (χ0) is 18.8. The van der Waals surface area contributed by atoms with Crippen LogP contribution in [0.5, 0.6) is 0 Å². The fourth-order valence-electron chi connectivity index (χ4n) is 2.56. The third-order valence-corrected chi connectivity index (χ3v) is 4.38. The average Bonchev–Trinajstić information content (AvgIpc) is 3.26. The molecule has 2 aromatic rings. The van der Waals surface area contributed by atoms with Gasteiger partial charge in [0.1, 0.15) is 18.1 Å². The summed E-state index contributed by atoms with van der Waals surface area (Å²) in [7, 11) is 0. The Kier molecular flexibility index (Phi) is 8.53. The van der Waals surface area contributed by atoms with Gasteiger partial charge in [-0.05, 0) is 37.7 Å². The van der Waals surface area contributed by atoms with Crippen molar-refractivity contribution in [3.05, 3.63) is 30.0 Å². The largest absolute Gasteiger partial charge is 0.467 e. The monoisotopic (exact) mass is 378 g/mol. The van der Waals surface area contributed by atoms with E-state index in [1.807, 2.05) is 18.4 Å². The van der Waals surface area contributed by atoms with Gasteiger partial charge in [-0.3, -0.25) is 0 Å². The van der Waals surface area contributed by atoms with Crippen molar-refractivity contribution in [1.29, 1.82) is 0 Å². The van der Waals surface area contributed by atoms with E-state index in [1.54, 1.807) is 18.0 Å². The van der Waals surface area contributed by atoms with Crippen LogP contribution in [0.1, 0.15) is 38.8 Å². The number of hydrogen-bond acceptors (Lipinski definition) is 5. The summed E-state index contributed by atoms with van der Waals surface area (Å²) in [6, 6.07) is 3.80. The zero-order valence-corrected chi connectivity index (χ0v) is 17.0.